The monoisotopic (exact) mass is 261 g/mol. The molecule has 0 heterocycles. The van der Waals surface area contributed by atoms with Gasteiger partial charge in [-0.05, 0) is 26.0 Å². The highest BCUT2D eigenvalue weighted by Gasteiger charge is 2.40. The minimum atomic E-state index is -2.78. The Balaban J connectivity index is 4.93. The molecule has 0 amide bonds. The molecule has 0 fully saturated rings. The Morgan fingerprint density at radius 2 is 1.88 bits per heavy atom. The van der Waals surface area contributed by atoms with Crippen molar-refractivity contribution in [1.82, 2.24) is 0 Å². The summed E-state index contributed by atoms with van der Waals surface area (Å²) in [6.45, 7) is 3.71. The number of aliphatic hydroxyl groups excluding tert-OH is 1. The van der Waals surface area contributed by atoms with Crippen LogP contribution in [0.1, 0.15) is 20.3 Å². The summed E-state index contributed by atoms with van der Waals surface area (Å²) in [6.07, 6.45) is 5.59. The van der Waals surface area contributed by atoms with Gasteiger partial charge in [-0.3, -0.25) is 17.2 Å². The van der Waals surface area contributed by atoms with Crippen LogP contribution in [0.2, 0.25) is 6.04 Å². The molecule has 0 bridgehead atoms. The smallest absolute Gasteiger partial charge is 0.428 e. The first-order valence-electron chi connectivity index (χ1n) is 5.49. The van der Waals surface area contributed by atoms with Gasteiger partial charge in [-0.15, -0.1) is 0 Å². The number of hydrogen-bond donors (Lipinski definition) is 4. The number of aliphatic hydroxyl groups is 1. The molecular weight excluding hydrogens is 238 g/mol. The maximum atomic E-state index is 8.90. The first kappa shape index (κ1) is 16.3. The van der Waals surface area contributed by atoms with Crippen LogP contribution in [0.25, 0.3) is 0 Å². The average molecular weight is 261 g/mol. The molecule has 7 heteroatoms. The van der Waals surface area contributed by atoms with E-state index in [0.717, 1.165) is 0 Å². The van der Waals surface area contributed by atoms with Gasteiger partial charge >= 0.3 is 8.56 Å². The summed E-state index contributed by atoms with van der Waals surface area (Å²) in [5.74, 6) is -1.75. The van der Waals surface area contributed by atoms with E-state index in [1.54, 1.807) is 17.9 Å². The van der Waals surface area contributed by atoms with Gasteiger partial charge in [0.2, 0.25) is 5.97 Å². The van der Waals surface area contributed by atoms with Gasteiger partial charge in [0.1, 0.15) is 0 Å². The van der Waals surface area contributed by atoms with Crippen LogP contribution in [0.3, 0.4) is 0 Å². The van der Waals surface area contributed by atoms with Crippen LogP contribution in [0.4, 0.5) is 0 Å². The minimum Gasteiger partial charge on any atom is -0.524 e. The van der Waals surface area contributed by atoms with E-state index < -0.39 is 14.5 Å². The van der Waals surface area contributed by atoms with E-state index in [0.29, 0.717) is 12.5 Å². The fourth-order valence-electron chi connectivity index (χ4n) is 1.35. The van der Waals surface area contributed by atoms with E-state index in [9.17, 15) is 0 Å². The van der Waals surface area contributed by atoms with Gasteiger partial charge in [0.25, 0.3) is 0 Å². The predicted octanol–water partition coefficient (Wildman–Crippen LogP) is -0.0195. The molecule has 100 valence electrons. The van der Waals surface area contributed by atoms with Gasteiger partial charge in [-0.25, -0.2) is 0 Å². The number of allylic oxidation sites excluding steroid dienone is 2. The lowest BCUT2D eigenvalue weighted by atomic mass is 10.5. The van der Waals surface area contributed by atoms with Gasteiger partial charge < -0.3 is 14.0 Å². The molecule has 1 atom stereocenters. The third kappa shape index (κ3) is 7.26. The van der Waals surface area contributed by atoms with Crippen LogP contribution in [0, 0.1) is 0 Å². The normalized spacial score (nSPS) is 16.6. The summed E-state index contributed by atoms with van der Waals surface area (Å²) in [4.78, 5) is 0. The van der Waals surface area contributed by atoms with Gasteiger partial charge in [0.05, 0.1) is 6.26 Å². The van der Waals surface area contributed by atoms with Crippen LogP contribution < -0.4 is 17.2 Å². The summed E-state index contributed by atoms with van der Waals surface area (Å²) in [5, 5.41) is 8.90. The third-order valence-electron chi connectivity index (χ3n) is 1.86. The molecule has 6 nitrogen and oxygen atoms in total. The molecule has 0 aromatic carbocycles. The number of hydrogen-bond acceptors (Lipinski definition) is 6. The summed E-state index contributed by atoms with van der Waals surface area (Å²) in [6, 6.07) is 0.519. The summed E-state index contributed by atoms with van der Waals surface area (Å²) in [5.41, 5.74) is 18.2. The lowest BCUT2D eigenvalue weighted by molar-refractivity contribution is 0.0511. The topological polar surface area (TPSA) is 117 Å². The Labute approximate surface area is 103 Å². The Morgan fingerprint density at radius 3 is 2.29 bits per heavy atom. The Bertz CT molecular complexity index is 266. The highest BCUT2D eigenvalue weighted by atomic mass is 28.4. The molecule has 0 spiro atoms. The molecule has 7 N–H and O–H groups in total. The van der Waals surface area contributed by atoms with Crippen LogP contribution in [0.15, 0.2) is 24.1 Å². The van der Waals surface area contributed by atoms with E-state index in [2.05, 4.69) is 0 Å². The van der Waals surface area contributed by atoms with Gasteiger partial charge in [0.15, 0.2) is 0 Å². The first-order valence-corrected chi connectivity index (χ1v) is 7.59. The highest BCUT2D eigenvalue weighted by Crippen LogP contribution is 2.20. The molecule has 0 aliphatic carbocycles. The molecule has 17 heavy (non-hydrogen) atoms. The van der Waals surface area contributed by atoms with Crippen LogP contribution in [-0.2, 0) is 8.85 Å². The molecular formula is C10H23N3O3Si. The van der Waals surface area contributed by atoms with Gasteiger partial charge in [-0.2, -0.15) is 0 Å². The van der Waals surface area contributed by atoms with Crippen molar-refractivity contribution in [2.24, 2.45) is 17.2 Å². The zero-order valence-corrected chi connectivity index (χ0v) is 11.4. The van der Waals surface area contributed by atoms with Gasteiger partial charge in [0, 0.05) is 12.7 Å². The number of rotatable bonds is 8. The minimum absolute atomic E-state index is 0.0432. The van der Waals surface area contributed by atoms with Crippen molar-refractivity contribution >= 4 is 8.56 Å². The SMILES string of the molecule is CC=CO[Si](C=CC)(CCCO)OC(N)(N)N. The molecule has 0 rings (SSSR count). The maximum Gasteiger partial charge on any atom is 0.428 e. The van der Waals surface area contributed by atoms with Crippen molar-refractivity contribution in [1.29, 1.82) is 0 Å². The summed E-state index contributed by atoms with van der Waals surface area (Å²) in [7, 11) is -2.78. The molecule has 0 aliphatic heterocycles. The van der Waals surface area contributed by atoms with Gasteiger partial charge in [-0.1, -0.05) is 12.2 Å². The lowest BCUT2D eigenvalue weighted by Crippen LogP contribution is -2.65. The second-order valence-electron chi connectivity index (χ2n) is 3.68. The quantitative estimate of drug-likeness (QED) is 0.277. The zero-order chi connectivity index (χ0) is 13.4. The second-order valence-corrected chi connectivity index (χ2v) is 6.58. The van der Waals surface area contributed by atoms with Crippen molar-refractivity contribution in [3.63, 3.8) is 0 Å². The maximum absolute atomic E-state index is 8.90. The summed E-state index contributed by atoms with van der Waals surface area (Å²) >= 11 is 0. The highest BCUT2D eigenvalue weighted by molar-refractivity contribution is 6.72. The first-order chi connectivity index (χ1) is 7.89. The molecule has 1 unspecified atom stereocenters. The Hall–Kier alpha value is -0.703. The van der Waals surface area contributed by atoms with E-state index in [-0.39, 0.29) is 6.61 Å². The molecule has 0 aromatic rings. The van der Waals surface area contributed by atoms with Crippen molar-refractivity contribution in [2.75, 3.05) is 6.61 Å². The predicted molar refractivity (Wildman–Crippen MR) is 69.4 cm³/mol. The fourth-order valence-corrected chi connectivity index (χ4v) is 4.06. The van der Waals surface area contributed by atoms with Crippen LogP contribution >= 0.6 is 0 Å². The fraction of sp³-hybridized carbons (Fsp3) is 0.600. The zero-order valence-electron chi connectivity index (χ0n) is 10.4. The van der Waals surface area contributed by atoms with E-state index >= 15 is 0 Å². The largest absolute Gasteiger partial charge is 0.524 e. The van der Waals surface area contributed by atoms with Crippen LogP contribution in [-0.4, -0.2) is 26.2 Å². The van der Waals surface area contributed by atoms with Crippen molar-refractivity contribution in [3.05, 3.63) is 24.1 Å². The standard InChI is InChI=1S/C10H23N3O3Si/c1-3-7-15-17(8-4-2,9-5-6-14)16-10(11,12)13/h3-4,7-8,14H,5-6,9,11-13H2,1-2H3. The Kier molecular flexibility index (Phi) is 7.28. The Morgan fingerprint density at radius 1 is 1.24 bits per heavy atom. The van der Waals surface area contributed by atoms with Crippen molar-refractivity contribution in [2.45, 2.75) is 32.3 Å². The van der Waals surface area contributed by atoms with E-state index in [4.69, 9.17) is 31.2 Å². The van der Waals surface area contributed by atoms with Crippen molar-refractivity contribution < 1.29 is 14.0 Å². The third-order valence-corrected chi connectivity index (χ3v) is 4.98. The molecule has 0 radical (unpaired) electrons. The van der Waals surface area contributed by atoms with E-state index in [1.165, 1.54) is 6.26 Å². The number of nitrogens with two attached hydrogens (primary N) is 3. The molecule has 0 aliphatic rings. The second kappa shape index (κ2) is 7.59. The van der Waals surface area contributed by atoms with Crippen LogP contribution in [0.5, 0.6) is 0 Å². The molecule has 0 aromatic heterocycles. The summed E-state index contributed by atoms with van der Waals surface area (Å²) < 4.78 is 11.1. The van der Waals surface area contributed by atoms with Crippen molar-refractivity contribution in [3.8, 4) is 0 Å². The van der Waals surface area contributed by atoms with E-state index in [1.807, 2.05) is 13.8 Å². The molecule has 0 saturated heterocycles. The average Bonchev–Trinajstić information content (AvgIpc) is 2.22. The molecule has 0 saturated carbocycles. The lowest BCUT2D eigenvalue weighted by Gasteiger charge is -2.32.